The molecule has 0 radical (unpaired) electrons. The monoisotopic (exact) mass is 348 g/mol. The van der Waals surface area contributed by atoms with Crippen LogP contribution in [0.25, 0.3) is 0 Å². The summed E-state index contributed by atoms with van der Waals surface area (Å²) in [7, 11) is 1.86. The lowest BCUT2D eigenvalue weighted by atomic mass is 10.00. The number of aryl methyl sites for hydroxylation is 1. The Bertz CT molecular complexity index is 702. The van der Waals surface area contributed by atoms with Crippen LogP contribution in [0.2, 0.25) is 0 Å². The summed E-state index contributed by atoms with van der Waals surface area (Å²) in [6.45, 7) is 4.38. The number of imide groups is 1. The van der Waals surface area contributed by atoms with Crippen molar-refractivity contribution in [2.24, 2.45) is 7.05 Å². The van der Waals surface area contributed by atoms with E-state index in [0.717, 1.165) is 30.0 Å². The van der Waals surface area contributed by atoms with E-state index in [1.165, 1.54) is 0 Å². The van der Waals surface area contributed by atoms with Crippen LogP contribution < -0.4 is 10.7 Å². The van der Waals surface area contributed by atoms with Gasteiger partial charge in [-0.25, -0.2) is 4.79 Å². The molecule has 136 valence electrons. The standard InChI is InChI=1S/C16H24N6O3/c1-4-16(2)14(24)22(15(25)18-16)19-13(23)10-21-7-5-6-12(21)11-8-17-20(3)9-11/h8-9,12H,4-7,10H2,1-3H3,(H,18,25)(H,19,23)/t12-,16+/m0/s1. The zero-order valence-corrected chi connectivity index (χ0v) is 14.8. The summed E-state index contributed by atoms with van der Waals surface area (Å²) in [5, 5.41) is 7.59. The molecule has 0 unspecified atom stereocenters. The first-order chi connectivity index (χ1) is 11.8. The summed E-state index contributed by atoms with van der Waals surface area (Å²) < 4.78 is 1.74. The number of likely N-dealkylation sites (tertiary alicyclic amines) is 1. The van der Waals surface area contributed by atoms with E-state index in [-0.39, 0.29) is 18.5 Å². The Hall–Kier alpha value is -2.42. The van der Waals surface area contributed by atoms with Gasteiger partial charge in [-0.1, -0.05) is 6.92 Å². The third kappa shape index (κ3) is 3.23. The van der Waals surface area contributed by atoms with Crippen molar-refractivity contribution in [1.82, 2.24) is 30.4 Å². The van der Waals surface area contributed by atoms with Gasteiger partial charge in [-0.15, -0.1) is 0 Å². The van der Waals surface area contributed by atoms with Gasteiger partial charge in [0, 0.05) is 24.8 Å². The number of rotatable bonds is 5. The summed E-state index contributed by atoms with van der Waals surface area (Å²) in [6.07, 6.45) is 6.16. The minimum atomic E-state index is -0.962. The third-order valence-electron chi connectivity index (χ3n) is 5.02. The number of amides is 4. The first-order valence-electron chi connectivity index (χ1n) is 8.53. The van der Waals surface area contributed by atoms with Gasteiger partial charge >= 0.3 is 6.03 Å². The highest BCUT2D eigenvalue weighted by Gasteiger charge is 2.47. The number of nitrogens with one attached hydrogen (secondary N) is 2. The SMILES string of the molecule is CC[C@@]1(C)NC(=O)N(NC(=O)CN2CCC[C@H]2c2cnn(C)c2)C1=O. The molecule has 2 aliphatic heterocycles. The topological polar surface area (TPSA) is 99.6 Å². The molecule has 2 atom stereocenters. The molecule has 0 saturated carbocycles. The van der Waals surface area contributed by atoms with E-state index in [9.17, 15) is 14.4 Å². The average molecular weight is 348 g/mol. The Labute approximate surface area is 146 Å². The molecule has 1 aromatic heterocycles. The molecule has 0 aromatic carbocycles. The number of carbonyl (C=O) groups is 3. The highest BCUT2D eigenvalue weighted by molar-refractivity contribution is 6.07. The molecule has 2 saturated heterocycles. The lowest BCUT2D eigenvalue weighted by Gasteiger charge is -2.24. The molecule has 3 heterocycles. The second-order valence-corrected chi connectivity index (χ2v) is 6.87. The highest BCUT2D eigenvalue weighted by Crippen LogP contribution is 2.31. The largest absolute Gasteiger partial charge is 0.344 e. The van der Waals surface area contributed by atoms with Gasteiger partial charge in [0.15, 0.2) is 0 Å². The Morgan fingerprint density at radius 2 is 2.24 bits per heavy atom. The first-order valence-corrected chi connectivity index (χ1v) is 8.53. The van der Waals surface area contributed by atoms with Crippen molar-refractivity contribution in [3.8, 4) is 0 Å². The smallest absolute Gasteiger partial charge is 0.322 e. The number of hydrazine groups is 1. The number of carbonyl (C=O) groups excluding carboxylic acids is 3. The molecule has 3 rings (SSSR count). The van der Waals surface area contributed by atoms with Crippen LogP contribution in [0.1, 0.15) is 44.7 Å². The van der Waals surface area contributed by atoms with Crippen LogP contribution in [0.15, 0.2) is 12.4 Å². The van der Waals surface area contributed by atoms with E-state index in [0.29, 0.717) is 6.42 Å². The fraction of sp³-hybridized carbons (Fsp3) is 0.625. The second-order valence-electron chi connectivity index (χ2n) is 6.87. The van der Waals surface area contributed by atoms with Crippen LogP contribution in [0.5, 0.6) is 0 Å². The van der Waals surface area contributed by atoms with Crippen LogP contribution in [0.4, 0.5) is 4.79 Å². The minimum absolute atomic E-state index is 0.124. The quantitative estimate of drug-likeness (QED) is 0.746. The van der Waals surface area contributed by atoms with Crippen molar-refractivity contribution in [1.29, 1.82) is 0 Å². The van der Waals surface area contributed by atoms with Crippen molar-refractivity contribution in [3.05, 3.63) is 18.0 Å². The zero-order valence-electron chi connectivity index (χ0n) is 14.8. The maximum Gasteiger partial charge on any atom is 0.344 e. The van der Waals surface area contributed by atoms with E-state index in [2.05, 4.69) is 15.8 Å². The summed E-state index contributed by atoms with van der Waals surface area (Å²) in [5.74, 6) is -0.807. The Balaban J connectivity index is 1.63. The molecule has 0 bridgehead atoms. The van der Waals surface area contributed by atoms with Crippen LogP contribution >= 0.6 is 0 Å². The molecule has 2 fully saturated rings. The number of hydrogen-bond donors (Lipinski definition) is 2. The number of aromatic nitrogens is 2. The van der Waals surface area contributed by atoms with Crippen molar-refractivity contribution < 1.29 is 14.4 Å². The van der Waals surface area contributed by atoms with Crippen LogP contribution in [-0.2, 0) is 16.6 Å². The highest BCUT2D eigenvalue weighted by atomic mass is 16.2. The molecular weight excluding hydrogens is 324 g/mol. The fourth-order valence-corrected chi connectivity index (χ4v) is 3.38. The second kappa shape index (κ2) is 6.47. The molecule has 9 heteroatoms. The summed E-state index contributed by atoms with van der Waals surface area (Å²) >= 11 is 0. The van der Waals surface area contributed by atoms with Gasteiger partial charge in [-0.2, -0.15) is 10.1 Å². The zero-order chi connectivity index (χ0) is 18.2. The molecular formula is C16H24N6O3. The van der Waals surface area contributed by atoms with Gasteiger partial charge in [-0.3, -0.25) is 24.6 Å². The number of nitrogens with zero attached hydrogens (tertiary/aromatic N) is 4. The van der Waals surface area contributed by atoms with Crippen LogP contribution in [0, 0.1) is 0 Å². The van der Waals surface area contributed by atoms with E-state index in [1.807, 2.05) is 31.3 Å². The van der Waals surface area contributed by atoms with Gasteiger partial charge in [-0.05, 0) is 32.7 Å². The van der Waals surface area contributed by atoms with E-state index in [1.54, 1.807) is 11.6 Å². The van der Waals surface area contributed by atoms with Gasteiger partial charge in [0.25, 0.3) is 11.8 Å². The van der Waals surface area contributed by atoms with Crippen molar-refractivity contribution >= 4 is 17.8 Å². The third-order valence-corrected chi connectivity index (χ3v) is 5.02. The Morgan fingerprint density at radius 1 is 1.48 bits per heavy atom. The maximum absolute atomic E-state index is 12.4. The molecule has 2 N–H and O–H groups in total. The number of urea groups is 1. The van der Waals surface area contributed by atoms with E-state index >= 15 is 0 Å². The van der Waals surface area contributed by atoms with Crippen molar-refractivity contribution in [2.45, 2.75) is 44.7 Å². The van der Waals surface area contributed by atoms with Crippen molar-refractivity contribution in [3.63, 3.8) is 0 Å². The lowest BCUT2D eigenvalue weighted by molar-refractivity contribution is -0.139. The summed E-state index contributed by atoms with van der Waals surface area (Å²) in [6, 6.07) is -0.462. The van der Waals surface area contributed by atoms with Crippen molar-refractivity contribution in [2.75, 3.05) is 13.1 Å². The molecule has 2 aliphatic rings. The summed E-state index contributed by atoms with van der Waals surface area (Å²) in [5.41, 5.74) is 2.55. The lowest BCUT2D eigenvalue weighted by Crippen LogP contribution is -2.51. The van der Waals surface area contributed by atoms with Gasteiger partial charge in [0.2, 0.25) is 0 Å². The molecule has 0 spiro atoms. The normalized spacial score (nSPS) is 27.0. The molecule has 0 aliphatic carbocycles. The minimum Gasteiger partial charge on any atom is -0.322 e. The van der Waals surface area contributed by atoms with E-state index < -0.39 is 17.5 Å². The maximum atomic E-state index is 12.4. The molecule has 25 heavy (non-hydrogen) atoms. The molecule has 1 aromatic rings. The van der Waals surface area contributed by atoms with E-state index in [4.69, 9.17) is 0 Å². The number of hydrogen-bond acceptors (Lipinski definition) is 5. The molecule has 9 nitrogen and oxygen atoms in total. The molecule has 4 amide bonds. The Morgan fingerprint density at radius 3 is 2.84 bits per heavy atom. The van der Waals surface area contributed by atoms with Gasteiger partial charge in [0.05, 0.1) is 12.7 Å². The average Bonchev–Trinajstić information content (AvgIpc) is 3.24. The van der Waals surface area contributed by atoms with Gasteiger partial charge in [0.1, 0.15) is 5.54 Å². The van der Waals surface area contributed by atoms with Crippen LogP contribution in [-0.4, -0.2) is 56.2 Å². The predicted molar refractivity (Wildman–Crippen MR) is 89.0 cm³/mol. The Kier molecular flexibility index (Phi) is 4.51. The fourth-order valence-electron chi connectivity index (χ4n) is 3.38. The predicted octanol–water partition coefficient (Wildman–Crippen LogP) is 0.309. The first kappa shape index (κ1) is 17.4. The van der Waals surface area contributed by atoms with Crippen LogP contribution in [0.3, 0.4) is 0 Å². The van der Waals surface area contributed by atoms with Gasteiger partial charge < -0.3 is 5.32 Å². The summed E-state index contributed by atoms with van der Waals surface area (Å²) in [4.78, 5) is 38.7.